The van der Waals surface area contributed by atoms with E-state index in [0.29, 0.717) is 43.4 Å². The second kappa shape index (κ2) is 9.78. The highest BCUT2D eigenvalue weighted by molar-refractivity contribution is 5.93. The fourth-order valence-corrected chi connectivity index (χ4v) is 3.09. The minimum atomic E-state index is -0.361. The summed E-state index contributed by atoms with van der Waals surface area (Å²) in [5.74, 6) is 0.790. The summed E-state index contributed by atoms with van der Waals surface area (Å²) >= 11 is 0. The van der Waals surface area contributed by atoms with E-state index in [-0.39, 0.29) is 17.8 Å². The smallest absolute Gasteiger partial charge is 0.321 e. The summed E-state index contributed by atoms with van der Waals surface area (Å²) in [5.41, 5.74) is 1.29. The summed E-state index contributed by atoms with van der Waals surface area (Å²) in [5, 5.41) is 2.73. The van der Waals surface area contributed by atoms with Crippen LogP contribution in [0.5, 0.6) is 11.5 Å². The van der Waals surface area contributed by atoms with Crippen LogP contribution in [-0.2, 0) is 4.79 Å². The summed E-state index contributed by atoms with van der Waals surface area (Å²) in [6.45, 7) is 1.69. The van der Waals surface area contributed by atoms with Crippen LogP contribution < -0.4 is 14.8 Å². The lowest BCUT2D eigenvalue weighted by Gasteiger charge is -2.34. The van der Waals surface area contributed by atoms with E-state index in [1.807, 2.05) is 6.07 Å². The van der Waals surface area contributed by atoms with Crippen LogP contribution in [0.2, 0.25) is 0 Å². The molecule has 1 heterocycles. The fourth-order valence-electron chi connectivity index (χ4n) is 3.09. The number of piperazine rings is 1. The molecule has 0 aromatic heterocycles. The van der Waals surface area contributed by atoms with Crippen LogP contribution in [0.25, 0.3) is 6.08 Å². The van der Waals surface area contributed by atoms with Gasteiger partial charge in [0.05, 0.1) is 14.2 Å². The third kappa shape index (κ3) is 5.28. The van der Waals surface area contributed by atoms with Crippen molar-refractivity contribution in [1.29, 1.82) is 0 Å². The molecular weight excluding hydrogens is 389 g/mol. The maximum atomic E-state index is 13.0. The summed E-state index contributed by atoms with van der Waals surface area (Å²) in [6.07, 6.45) is 3.20. The predicted molar refractivity (Wildman–Crippen MR) is 112 cm³/mol. The number of nitrogens with zero attached hydrogens (tertiary/aromatic N) is 2. The maximum absolute atomic E-state index is 13.0. The highest BCUT2D eigenvalue weighted by Gasteiger charge is 2.23. The molecule has 2 aromatic rings. The first-order chi connectivity index (χ1) is 14.5. The number of carbonyl (C=O) groups excluding carboxylic acids is 2. The van der Waals surface area contributed by atoms with E-state index in [0.717, 1.165) is 5.56 Å². The van der Waals surface area contributed by atoms with Gasteiger partial charge in [-0.3, -0.25) is 4.79 Å². The molecule has 0 radical (unpaired) electrons. The van der Waals surface area contributed by atoms with E-state index >= 15 is 0 Å². The zero-order valence-corrected chi connectivity index (χ0v) is 16.9. The van der Waals surface area contributed by atoms with Crippen LogP contribution in [0.1, 0.15) is 5.56 Å². The lowest BCUT2D eigenvalue weighted by molar-refractivity contribution is -0.127. The molecule has 0 atom stereocenters. The van der Waals surface area contributed by atoms with E-state index in [4.69, 9.17) is 9.47 Å². The van der Waals surface area contributed by atoms with Gasteiger partial charge in [0.1, 0.15) is 17.3 Å². The van der Waals surface area contributed by atoms with Crippen molar-refractivity contribution in [2.24, 2.45) is 0 Å². The number of rotatable bonds is 5. The van der Waals surface area contributed by atoms with Gasteiger partial charge in [-0.2, -0.15) is 0 Å². The number of ether oxygens (including phenoxy) is 2. The van der Waals surface area contributed by atoms with Gasteiger partial charge < -0.3 is 24.6 Å². The van der Waals surface area contributed by atoms with Gasteiger partial charge in [-0.25, -0.2) is 9.18 Å². The van der Waals surface area contributed by atoms with Crippen molar-refractivity contribution in [2.45, 2.75) is 0 Å². The lowest BCUT2D eigenvalue weighted by Crippen LogP contribution is -2.51. The number of hydrogen-bond acceptors (Lipinski definition) is 4. The zero-order valence-electron chi connectivity index (χ0n) is 16.9. The van der Waals surface area contributed by atoms with Crippen LogP contribution in [0, 0.1) is 5.82 Å². The second-order valence-corrected chi connectivity index (χ2v) is 6.69. The van der Waals surface area contributed by atoms with Crippen LogP contribution in [0.3, 0.4) is 0 Å². The van der Waals surface area contributed by atoms with E-state index in [2.05, 4.69) is 5.32 Å². The minimum absolute atomic E-state index is 0.133. The number of benzene rings is 2. The summed E-state index contributed by atoms with van der Waals surface area (Å²) in [4.78, 5) is 28.2. The maximum Gasteiger partial charge on any atom is 0.321 e. The molecule has 0 bridgehead atoms. The van der Waals surface area contributed by atoms with Crippen molar-refractivity contribution >= 4 is 23.7 Å². The standard InChI is InChI=1S/C22H24FN3O4/c1-29-19-9-3-16(20(15-19)30-2)4-10-21(27)25-11-13-26(14-12-25)22(28)24-18-7-5-17(23)6-8-18/h3-10,15H,11-14H2,1-2H3,(H,24,28)/b10-4+. The molecule has 1 saturated heterocycles. The number of nitrogens with one attached hydrogen (secondary N) is 1. The number of urea groups is 1. The predicted octanol–water partition coefficient (Wildman–Crippen LogP) is 3.23. The second-order valence-electron chi connectivity index (χ2n) is 6.69. The molecule has 158 valence electrons. The molecular formula is C22H24FN3O4. The average molecular weight is 413 g/mol. The Labute approximate surface area is 174 Å². The Morgan fingerprint density at radius 2 is 1.63 bits per heavy atom. The number of amides is 3. The van der Waals surface area contributed by atoms with Gasteiger partial charge in [0.2, 0.25) is 5.91 Å². The van der Waals surface area contributed by atoms with Crippen LogP contribution in [-0.4, -0.2) is 62.1 Å². The Morgan fingerprint density at radius 1 is 0.967 bits per heavy atom. The van der Waals surface area contributed by atoms with Crippen LogP contribution in [0.15, 0.2) is 48.5 Å². The molecule has 0 aliphatic carbocycles. The van der Waals surface area contributed by atoms with E-state index in [9.17, 15) is 14.0 Å². The van der Waals surface area contributed by atoms with Gasteiger partial charge in [0.25, 0.3) is 0 Å². The molecule has 1 fully saturated rings. The highest BCUT2D eigenvalue weighted by Crippen LogP contribution is 2.25. The number of carbonyl (C=O) groups is 2. The molecule has 1 N–H and O–H groups in total. The monoisotopic (exact) mass is 413 g/mol. The molecule has 0 spiro atoms. The van der Waals surface area contributed by atoms with Crippen molar-refractivity contribution < 1.29 is 23.5 Å². The summed E-state index contributed by atoms with van der Waals surface area (Å²) in [7, 11) is 3.14. The Kier molecular flexibility index (Phi) is 6.90. The molecule has 30 heavy (non-hydrogen) atoms. The number of anilines is 1. The Hall–Kier alpha value is -3.55. The SMILES string of the molecule is COc1ccc(/C=C/C(=O)N2CCN(C(=O)Nc3ccc(F)cc3)CC2)c(OC)c1. The van der Waals surface area contributed by atoms with Crippen molar-refractivity contribution in [2.75, 3.05) is 45.7 Å². The molecule has 0 saturated carbocycles. The van der Waals surface area contributed by atoms with Crippen molar-refractivity contribution in [3.8, 4) is 11.5 Å². The molecule has 8 heteroatoms. The summed E-state index contributed by atoms with van der Waals surface area (Å²) in [6, 6.07) is 10.7. The fraction of sp³-hybridized carbons (Fsp3) is 0.273. The van der Waals surface area contributed by atoms with Gasteiger partial charge >= 0.3 is 6.03 Å². The van der Waals surface area contributed by atoms with Gasteiger partial charge in [0.15, 0.2) is 0 Å². The van der Waals surface area contributed by atoms with Crippen LogP contribution >= 0.6 is 0 Å². The van der Waals surface area contributed by atoms with Gasteiger partial charge in [0, 0.05) is 49.6 Å². The van der Waals surface area contributed by atoms with Crippen LogP contribution in [0.4, 0.5) is 14.9 Å². The van der Waals surface area contributed by atoms with Crippen molar-refractivity contribution in [1.82, 2.24) is 9.80 Å². The Morgan fingerprint density at radius 3 is 2.27 bits per heavy atom. The Balaban J connectivity index is 1.53. The molecule has 1 aliphatic rings. The molecule has 0 unspecified atom stereocenters. The molecule has 1 aliphatic heterocycles. The first kappa shape index (κ1) is 21.2. The van der Waals surface area contributed by atoms with E-state index in [1.165, 1.54) is 30.3 Å². The quantitative estimate of drug-likeness (QED) is 0.764. The molecule has 3 amide bonds. The van der Waals surface area contributed by atoms with Crippen molar-refractivity contribution in [3.05, 3.63) is 59.9 Å². The number of hydrogen-bond donors (Lipinski definition) is 1. The van der Waals surface area contributed by atoms with E-state index in [1.54, 1.807) is 42.2 Å². The van der Waals surface area contributed by atoms with Gasteiger partial charge in [-0.15, -0.1) is 0 Å². The highest BCUT2D eigenvalue weighted by atomic mass is 19.1. The topological polar surface area (TPSA) is 71.1 Å². The first-order valence-electron chi connectivity index (χ1n) is 9.50. The largest absolute Gasteiger partial charge is 0.497 e. The van der Waals surface area contributed by atoms with Gasteiger partial charge in [-0.05, 0) is 42.5 Å². The minimum Gasteiger partial charge on any atom is -0.497 e. The Bertz CT molecular complexity index is 922. The third-order valence-corrected chi connectivity index (χ3v) is 4.82. The first-order valence-corrected chi connectivity index (χ1v) is 9.50. The molecule has 7 nitrogen and oxygen atoms in total. The number of halogens is 1. The molecule has 2 aromatic carbocycles. The normalized spacial score (nSPS) is 14.0. The summed E-state index contributed by atoms with van der Waals surface area (Å²) < 4.78 is 23.5. The van der Waals surface area contributed by atoms with Gasteiger partial charge in [-0.1, -0.05) is 0 Å². The van der Waals surface area contributed by atoms with Crippen molar-refractivity contribution in [3.63, 3.8) is 0 Å². The zero-order chi connectivity index (χ0) is 21.5. The molecule has 3 rings (SSSR count). The third-order valence-electron chi connectivity index (χ3n) is 4.82. The number of methoxy groups -OCH3 is 2. The van der Waals surface area contributed by atoms with E-state index < -0.39 is 0 Å². The average Bonchev–Trinajstić information content (AvgIpc) is 2.78. The lowest BCUT2D eigenvalue weighted by atomic mass is 10.1.